The summed E-state index contributed by atoms with van der Waals surface area (Å²) in [6, 6.07) is 8.28. The van der Waals surface area contributed by atoms with Crippen LogP contribution in [-0.2, 0) is 0 Å². The molecule has 3 rings (SSSR count). The van der Waals surface area contributed by atoms with Crippen LogP contribution >= 0.6 is 77.6 Å². The summed E-state index contributed by atoms with van der Waals surface area (Å²) in [6.07, 6.45) is 0. The van der Waals surface area contributed by atoms with Crippen LogP contribution in [0.15, 0.2) is 49.2 Å². The molecule has 0 fully saturated rings. The van der Waals surface area contributed by atoms with Crippen molar-refractivity contribution in [3.8, 4) is 9.88 Å². The number of aromatic nitrogens is 1. The van der Waals surface area contributed by atoms with Crippen molar-refractivity contribution in [2.75, 3.05) is 0 Å². The van der Waals surface area contributed by atoms with E-state index in [1.54, 1.807) is 45.8 Å². The maximum atomic E-state index is 4.79. The minimum atomic E-state index is 1.02. The molecule has 0 atom stereocenters. The molecule has 0 saturated heterocycles. The highest BCUT2D eigenvalue weighted by atomic mass is 79.9. The Morgan fingerprint density at radius 2 is 1.86 bits per heavy atom. The van der Waals surface area contributed by atoms with Gasteiger partial charge in [0.2, 0.25) is 0 Å². The van der Waals surface area contributed by atoms with Crippen LogP contribution in [0.5, 0.6) is 0 Å². The molecule has 112 valence electrons. The lowest BCUT2D eigenvalue weighted by Crippen LogP contribution is -1.77. The summed E-state index contributed by atoms with van der Waals surface area (Å²) in [5.41, 5.74) is 3.04. The van der Waals surface area contributed by atoms with Crippen molar-refractivity contribution in [1.29, 1.82) is 0 Å². The van der Waals surface area contributed by atoms with Crippen molar-refractivity contribution in [1.82, 2.24) is 4.98 Å². The van der Waals surface area contributed by atoms with Gasteiger partial charge in [-0.25, -0.2) is 4.98 Å². The summed E-state index contributed by atoms with van der Waals surface area (Å²) < 4.78 is 2.23. The van der Waals surface area contributed by atoms with Gasteiger partial charge >= 0.3 is 0 Å². The molecule has 0 bridgehead atoms. The number of rotatable bonds is 4. The zero-order valence-electron chi connectivity index (χ0n) is 11.4. The summed E-state index contributed by atoms with van der Waals surface area (Å²) in [5.74, 6) is 0. The largest absolute Gasteiger partial charge is 0.228 e. The van der Waals surface area contributed by atoms with Crippen LogP contribution in [0, 0.1) is 6.92 Å². The first-order chi connectivity index (χ1) is 10.6. The third-order valence-corrected chi connectivity index (χ3v) is 8.52. The van der Waals surface area contributed by atoms with Crippen LogP contribution in [-0.4, -0.2) is 4.98 Å². The average molecular weight is 491 g/mol. The number of hydrogen-bond acceptors (Lipinski definition) is 5. The van der Waals surface area contributed by atoms with Gasteiger partial charge in [0.15, 0.2) is 0 Å². The van der Waals surface area contributed by atoms with Gasteiger partial charge in [-0.2, -0.15) is 0 Å². The van der Waals surface area contributed by atoms with Crippen LogP contribution in [0.4, 0.5) is 0 Å². The van der Waals surface area contributed by atoms with Gasteiger partial charge in [0.1, 0.15) is 10.0 Å². The van der Waals surface area contributed by atoms with Crippen molar-refractivity contribution >= 4 is 82.5 Å². The Morgan fingerprint density at radius 1 is 1.14 bits per heavy atom. The number of aryl methyl sites for hydroxylation is 1. The molecule has 0 radical (unpaired) electrons. The fourth-order valence-corrected chi connectivity index (χ4v) is 6.54. The van der Waals surface area contributed by atoms with Gasteiger partial charge in [0.25, 0.3) is 0 Å². The first-order valence-corrected chi connectivity index (χ1v) is 11.0. The zero-order valence-corrected chi connectivity index (χ0v) is 17.8. The first kappa shape index (κ1) is 16.7. The zero-order chi connectivity index (χ0) is 15.7. The van der Waals surface area contributed by atoms with Crippen molar-refractivity contribution < 1.29 is 0 Å². The molecule has 3 heterocycles. The molecule has 0 aliphatic carbocycles. The number of thiazole rings is 1. The molecule has 3 aromatic rings. The second-order valence-electron chi connectivity index (χ2n) is 4.20. The smallest absolute Gasteiger partial charge is 0.135 e. The predicted molar refractivity (Wildman–Crippen MR) is 108 cm³/mol. The van der Waals surface area contributed by atoms with E-state index in [9.17, 15) is 0 Å². The van der Waals surface area contributed by atoms with E-state index in [-0.39, 0.29) is 0 Å². The highest BCUT2D eigenvalue weighted by molar-refractivity contribution is 9.11. The lowest BCUT2D eigenvalue weighted by atomic mass is 10.4. The van der Waals surface area contributed by atoms with Crippen molar-refractivity contribution in [3.05, 3.63) is 53.9 Å². The maximum Gasteiger partial charge on any atom is 0.135 e. The topological polar surface area (TPSA) is 12.9 Å². The minimum absolute atomic E-state index is 1.02. The molecule has 0 aliphatic heterocycles. The van der Waals surface area contributed by atoms with Gasteiger partial charge in [0.05, 0.1) is 22.2 Å². The van der Waals surface area contributed by atoms with E-state index < -0.39 is 0 Å². The molecule has 7 heteroatoms. The highest BCUT2D eigenvalue weighted by Crippen LogP contribution is 2.43. The maximum absolute atomic E-state index is 4.79. The van der Waals surface area contributed by atoms with E-state index >= 15 is 0 Å². The van der Waals surface area contributed by atoms with Crippen molar-refractivity contribution in [2.45, 2.75) is 11.9 Å². The van der Waals surface area contributed by atoms with E-state index in [1.807, 2.05) is 6.07 Å². The van der Waals surface area contributed by atoms with Gasteiger partial charge in [-0.3, -0.25) is 0 Å². The normalized spacial score (nSPS) is 10.7. The number of hydrogen-bond donors (Lipinski definition) is 0. The Balaban J connectivity index is 1.89. The second kappa shape index (κ2) is 7.18. The molecule has 0 unspecified atom stereocenters. The van der Waals surface area contributed by atoms with Crippen LogP contribution < -0.4 is 0 Å². The van der Waals surface area contributed by atoms with E-state index in [2.05, 4.69) is 69.3 Å². The molecule has 0 N–H and O–H groups in total. The Bertz CT molecular complexity index is 868. The fraction of sp³-hybridized carbons (Fsp3) is 0.0667. The van der Waals surface area contributed by atoms with E-state index in [0.29, 0.717) is 0 Å². The van der Waals surface area contributed by atoms with Crippen LogP contribution in [0.2, 0.25) is 0 Å². The average Bonchev–Trinajstić information content (AvgIpc) is 3.18. The highest BCUT2D eigenvalue weighted by Gasteiger charge is 2.15. The molecule has 0 aliphatic rings. The molecule has 0 saturated carbocycles. The van der Waals surface area contributed by atoms with Crippen LogP contribution in [0.1, 0.15) is 9.75 Å². The summed E-state index contributed by atoms with van der Waals surface area (Å²) in [4.78, 5) is 9.36. The minimum Gasteiger partial charge on any atom is -0.228 e. The molecular weight excluding hydrogens is 482 g/mol. The second-order valence-corrected chi connectivity index (χ2v) is 11.3. The molecule has 1 nitrogen and oxygen atoms in total. The Labute approximate surface area is 162 Å². The van der Waals surface area contributed by atoms with Gasteiger partial charge in [-0.05, 0) is 63.0 Å². The Kier molecular flexibility index (Phi) is 5.45. The van der Waals surface area contributed by atoms with Crippen molar-refractivity contribution in [3.63, 3.8) is 0 Å². The van der Waals surface area contributed by atoms with E-state index in [4.69, 9.17) is 4.98 Å². The third kappa shape index (κ3) is 3.67. The molecular formula is C15H9Br2NS4. The van der Waals surface area contributed by atoms with E-state index in [1.165, 1.54) is 9.75 Å². The van der Waals surface area contributed by atoms with E-state index in [0.717, 1.165) is 27.4 Å². The van der Waals surface area contributed by atoms with Crippen LogP contribution in [0.25, 0.3) is 14.8 Å². The van der Waals surface area contributed by atoms with Crippen molar-refractivity contribution in [2.24, 2.45) is 0 Å². The van der Waals surface area contributed by atoms with Gasteiger partial charge in [0, 0.05) is 4.88 Å². The summed E-state index contributed by atoms with van der Waals surface area (Å²) >= 11 is 13.7. The number of thiophene rings is 2. The monoisotopic (exact) mass is 489 g/mol. The lowest BCUT2D eigenvalue weighted by Gasteiger charge is -1.99. The summed E-state index contributed by atoms with van der Waals surface area (Å²) in [7, 11) is 0. The van der Waals surface area contributed by atoms with Gasteiger partial charge in [-0.1, -0.05) is 18.3 Å². The molecule has 3 aromatic heterocycles. The number of halogens is 2. The number of nitrogens with zero attached hydrogens (tertiary/aromatic N) is 1. The molecule has 0 aromatic carbocycles. The predicted octanol–water partition coefficient (Wildman–Crippen LogP) is 7.68. The van der Waals surface area contributed by atoms with Crippen LogP contribution in [0.3, 0.4) is 0 Å². The lowest BCUT2D eigenvalue weighted by molar-refractivity contribution is 1.17. The third-order valence-electron chi connectivity index (χ3n) is 2.69. The quantitative estimate of drug-likeness (QED) is 0.274. The fourth-order valence-electron chi connectivity index (χ4n) is 1.72. The van der Waals surface area contributed by atoms with Gasteiger partial charge < -0.3 is 0 Å². The molecule has 22 heavy (non-hydrogen) atoms. The summed E-state index contributed by atoms with van der Waals surface area (Å²) in [6.45, 7) is 5.93. The Morgan fingerprint density at radius 3 is 2.45 bits per heavy atom. The van der Waals surface area contributed by atoms with Gasteiger partial charge in [-0.15, -0.1) is 39.7 Å². The standard InChI is InChI=1S/C15H9Br2NS4/c1-3-9(10-4-6-12(16)20-10)22-14-8(2)19-15(18-14)11-5-7-13(17)21-11/h4-7H,1H2,2H3. The SMILES string of the molecule is C=C=C(Sc1nc(-c2ccc(Br)s2)sc1C)c1ccc(Br)s1. The number of thioether (sulfide) groups is 1. The molecule has 0 amide bonds. The molecule has 0 spiro atoms. The Hall–Kier alpha value is -0.140. The first-order valence-electron chi connectivity index (χ1n) is 6.13. The summed E-state index contributed by atoms with van der Waals surface area (Å²) in [5, 5.41) is 2.09.